The molecular formula is C102H99BN4. The number of hydrogen-bond donors (Lipinski definition) is 0. The maximum Gasteiger partial charge on any atom is 0.252 e. The quantitative estimate of drug-likeness (QED) is 0.141. The van der Waals surface area contributed by atoms with Crippen molar-refractivity contribution in [1.82, 2.24) is 9.13 Å². The maximum atomic E-state index is 9.67. The highest BCUT2D eigenvalue weighted by molar-refractivity contribution is 7.00. The molecule has 0 amide bonds. The molecule has 4 heterocycles. The second kappa shape index (κ2) is 24.9. The first-order valence-corrected chi connectivity index (χ1v) is 38.3. The van der Waals surface area contributed by atoms with Gasteiger partial charge in [0.1, 0.15) is 0 Å². The largest absolute Gasteiger partial charge is 0.310 e. The van der Waals surface area contributed by atoms with Gasteiger partial charge in [0.2, 0.25) is 0 Å². The highest BCUT2D eigenvalue weighted by Crippen LogP contribution is 2.55. The molecule has 0 spiro atoms. The van der Waals surface area contributed by atoms with E-state index in [0.717, 1.165) is 134 Å². The molecule has 0 radical (unpaired) electrons. The van der Waals surface area contributed by atoms with Gasteiger partial charge in [-0.3, -0.25) is 0 Å². The SMILES string of the molecule is [2H]c1c([2H])c([2H])c(-c2ccc3c(c2)B2c4ccc(-c5cc(C(C)(C)C)cc(C(C)(C)C)c5)cc4N(c4cccc5c6cccc(-n7c8ccc(C(C)(C)C)cc8c8cc(C(C)(C)C)ccc87)c6n(-c6ccccc6)c45)c4cc(C(C)(C)C)cc(c42)N3c2c(-c3ccccc3)cc(C(C)(C)C)cc2-c2ccccc2)c([2H])c1[2H]. The molecule has 107 heavy (non-hydrogen) atoms. The Labute approximate surface area is 642 Å². The van der Waals surface area contributed by atoms with E-state index in [0.29, 0.717) is 5.56 Å². The Morgan fingerprint density at radius 3 is 1.25 bits per heavy atom. The van der Waals surface area contributed by atoms with Crippen molar-refractivity contribution >= 4 is 101 Å². The lowest BCUT2D eigenvalue weighted by Crippen LogP contribution is -2.61. The third-order valence-corrected chi connectivity index (χ3v) is 22.9. The van der Waals surface area contributed by atoms with Crippen LogP contribution in [0.2, 0.25) is 0 Å². The van der Waals surface area contributed by atoms with Gasteiger partial charge in [-0.2, -0.15) is 0 Å². The van der Waals surface area contributed by atoms with Crippen LogP contribution in [0.4, 0.5) is 34.1 Å². The number of rotatable bonds is 8. The first kappa shape index (κ1) is 63.4. The molecule has 0 aliphatic carbocycles. The first-order chi connectivity index (χ1) is 52.9. The van der Waals surface area contributed by atoms with Gasteiger partial charge >= 0.3 is 0 Å². The van der Waals surface area contributed by atoms with Gasteiger partial charge in [0.25, 0.3) is 6.71 Å². The average molecular weight is 1400 g/mol. The lowest BCUT2D eigenvalue weighted by atomic mass is 9.33. The van der Waals surface area contributed by atoms with E-state index in [-0.39, 0.29) is 56.8 Å². The molecule has 0 fully saturated rings. The Kier molecular flexibility index (Phi) is 14.7. The van der Waals surface area contributed by atoms with Crippen LogP contribution in [0.25, 0.3) is 99.5 Å². The van der Waals surface area contributed by atoms with Crippen molar-refractivity contribution in [3.63, 3.8) is 0 Å². The van der Waals surface area contributed by atoms with Crippen LogP contribution >= 0.6 is 0 Å². The van der Waals surface area contributed by atoms with Gasteiger partial charge in [0, 0.05) is 61.1 Å². The number of nitrogens with zero attached hydrogens (tertiary/aromatic N) is 4. The summed E-state index contributed by atoms with van der Waals surface area (Å²) in [6.45, 7) is 41.1. The topological polar surface area (TPSA) is 16.3 Å². The predicted molar refractivity (Wildman–Crippen MR) is 463 cm³/mol. The van der Waals surface area contributed by atoms with Crippen LogP contribution in [0.1, 0.15) is 165 Å². The monoisotopic (exact) mass is 1400 g/mol. The zero-order valence-electron chi connectivity index (χ0n) is 70.5. The summed E-state index contributed by atoms with van der Waals surface area (Å²) in [4.78, 5) is 5.16. The molecule has 2 aliphatic heterocycles. The Balaban J connectivity index is 1.06. The standard InChI is InChI=1S/C102H99BN4/c1-97(2,3)70-47-51-85-81(58-70)82-59-71(98(4,5)6)48-52-86(82)105(85)88-43-31-41-77-78-42-32-44-89(96(78)104(95(77)88)76-39-29-22-30-40-76)106-90-56-68(69-53-72(99(7,8)9)57-73(54-69)100(10,11)12)45-49-83(90)103-84-55-67(64-33-23-19-24-34-64)46-50-87(84)107(92-63-75(102(16,17)18)62-91(106)93(92)103)94-79(65-35-25-20-26-36-65)60-74(101(13,14)15)61-80(94)66-37-27-21-28-38-66/h19-63H,1-18H3/i19D,23D,24D,33D,34D. The van der Waals surface area contributed by atoms with Crippen LogP contribution in [0.5, 0.6) is 0 Å². The summed E-state index contributed by atoms with van der Waals surface area (Å²) >= 11 is 0. The van der Waals surface area contributed by atoms with Crippen LogP contribution in [-0.4, -0.2) is 15.8 Å². The minimum Gasteiger partial charge on any atom is -0.310 e. The summed E-state index contributed by atoms with van der Waals surface area (Å²) in [5.41, 5.74) is 29.0. The molecule has 13 aromatic carbocycles. The summed E-state index contributed by atoms with van der Waals surface area (Å²) in [5, 5.41) is 4.67. The van der Waals surface area contributed by atoms with Crippen LogP contribution < -0.4 is 26.2 Å². The fraction of sp³-hybridized carbons (Fsp3) is 0.235. The van der Waals surface area contributed by atoms with Gasteiger partial charge in [-0.25, -0.2) is 0 Å². The Morgan fingerprint density at radius 1 is 0.271 bits per heavy atom. The van der Waals surface area contributed by atoms with E-state index < -0.39 is 18.2 Å². The van der Waals surface area contributed by atoms with Crippen molar-refractivity contribution in [1.29, 1.82) is 0 Å². The zero-order chi connectivity index (χ0) is 79.1. The Morgan fingerprint density at radius 2 is 0.729 bits per heavy atom. The van der Waals surface area contributed by atoms with Crippen LogP contribution in [0.3, 0.4) is 0 Å². The van der Waals surface area contributed by atoms with Crippen molar-refractivity contribution in [3.05, 3.63) is 306 Å². The molecule has 2 aromatic heterocycles. The van der Waals surface area contributed by atoms with Crippen LogP contribution in [0, 0.1) is 0 Å². The molecule has 0 N–H and O–H groups in total. The summed E-state index contributed by atoms with van der Waals surface area (Å²) < 4.78 is 51.6. The maximum absolute atomic E-state index is 9.67. The van der Waals surface area contributed by atoms with Gasteiger partial charge < -0.3 is 18.9 Å². The van der Waals surface area contributed by atoms with Gasteiger partial charge in [0.05, 0.1) is 46.0 Å². The average Bonchev–Trinajstić information content (AvgIpc) is 1.49. The minimum atomic E-state index is -0.478. The molecule has 0 atom stereocenters. The van der Waals surface area contributed by atoms with E-state index in [1.54, 1.807) is 0 Å². The minimum absolute atomic E-state index is 0.0849. The van der Waals surface area contributed by atoms with Gasteiger partial charge in [0.15, 0.2) is 0 Å². The Hall–Kier alpha value is -10.9. The summed E-state index contributed by atoms with van der Waals surface area (Å²) in [7, 11) is 0. The summed E-state index contributed by atoms with van der Waals surface area (Å²) in [6, 6.07) is 89.6. The number of fused-ring (bicyclic) bond motifs is 10. The molecule has 4 nitrogen and oxygen atoms in total. The molecule has 0 saturated carbocycles. The van der Waals surface area contributed by atoms with E-state index in [2.05, 4.69) is 380 Å². The molecule has 0 unspecified atom stereocenters. The van der Waals surface area contributed by atoms with Gasteiger partial charge in [-0.15, -0.1) is 0 Å². The highest BCUT2D eigenvalue weighted by atomic mass is 15.2. The smallest absolute Gasteiger partial charge is 0.252 e. The lowest BCUT2D eigenvalue weighted by molar-refractivity contribution is 0.569. The van der Waals surface area contributed by atoms with Crippen molar-refractivity contribution in [2.75, 3.05) is 9.80 Å². The molecule has 0 bridgehead atoms. The summed E-state index contributed by atoms with van der Waals surface area (Å²) in [5.74, 6) is 0. The van der Waals surface area contributed by atoms with Gasteiger partial charge in [-0.05, 0) is 201 Å². The van der Waals surface area contributed by atoms with E-state index in [1.165, 1.54) is 38.6 Å². The molecule has 17 rings (SSSR count). The van der Waals surface area contributed by atoms with Crippen molar-refractivity contribution < 1.29 is 6.85 Å². The third kappa shape index (κ3) is 11.7. The van der Waals surface area contributed by atoms with Crippen LogP contribution in [0.15, 0.2) is 273 Å². The highest BCUT2D eigenvalue weighted by Gasteiger charge is 2.46. The number of anilines is 6. The molecule has 2 aliphatic rings. The number of aromatic nitrogens is 2. The number of hydrogen-bond acceptors (Lipinski definition) is 2. The molecular weight excluding hydrogens is 1290 g/mol. The second-order valence-corrected chi connectivity index (χ2v) is 36.3. The fourth-order valence-electron chi connectivity index (χ4n) is 16.8. The zero-order valence-corrected chi connectivity index (χ0v) is 65.5. The predicted octanol–water partition coefficient (Wildman–Crippen LogP) is 26.4. The van der Waals surface area contributed by atoms with Crippen molar-refractivity contribution in [3.8, 4) is 55.9 Å². The number of benzene rings is 13. The third-order valence-electron chi connectivity index (χ3n) is 22.9. The molecule has 0 saturated heterocycles. The van der Waals surface area contributed by atoms with E-state index >= 15 is 0 Å². The normalized spacial score (nSPS) is 14.1. The van der Waals surface area contributed by atoms with E-state index in [1.807, 2.05) is 6.07 Å². The van der Waals surface area contributed by atoms with Crippen molar-refractivity contribution in [2.45, 2.75) is 157 Å². The molecule has 530 valence electrons. The fourth-order valence-corrected chi connectivity index (χ4v) is 16.8. The second-order valence-electron chi connectivity index (χ2n) is 36.3. The Bertz CT molecular complexity index is 6190. The molecule has 15 aromatic rings. The van der Waals surface area contributed by atoms with E-state index in [4.69, 9.17) is 1.37 Å². The van der Waals surface area contributed by atoms with E-state index in [9.17, 15) is 5.48 Å². The number of para-hydroxylation sites is 3. The van der Waals surface area contributed by atoms with Crippen molar-refractivity contribution in [2.24, 2.45) is 0 Å². The van der Waals surface area contributed by atoms with Gasteiger partial charge in [-0.1, -0.05) is 313 Å². The lowest BCUT2D eigenvalue weighted by Gasteiger charge is -2.46. The summed E-state index contributed by atoms with van der Waals surface area (Å²) in [6.07, 6.45) is 0. The first-order valence-electron chi connectivity index (χ1n) is 40.8. The molecule has 5 heteroatoms. The van der Waals surface area contributed by atoms with Crippen LogP contribution in [-0.2, 0) is 32.5 Å².